The molecule has 0 spiro atoms. The van der Waals surface area contributed by atoms with Gasteiger partial charge in [-0.15, -0.1) is 0 Å². The molecule has 0 aliphatic carbocycles. The normalized spacial score (nSPS) is 11.2. The van der Waals surface area contributed by atoms with Gasteiger partial charge < -0.3 is 4.18 Å². The molecular formula is C12H8BrClO3S. The maximum absolute atomic E-state index is 11.9. The summed E-state index contributed by atoms with van der Waals surface area (Å²) in [6.45, 7) is 0. The topological polar surface area (TPSA) is 43.4 Å². The maximum Gasteiger partial charge on any atom is 0.339 e. The molecule has 2 aromatic carbocycles. The van der Waals surface area contributed by atoms with Gasteiger partial charge in [0.15, 0.2) is 0 Å². The molecule has 18 heavy (non-hydrogen) atoms. The first-order valence-corrected chi connectivity index (χ1v) is 7.51. The molecule has 6 heteroatoms. The van der Waals surface area contributed by atoms with Crippen LogP contribution in [0.4, 0.5) is 0 Å². The average Bonchev–Trinajstić information content (AvgIpc) is 2.29. The zero-order valence-corrected chi connectivity index (χ0v) is 12.2. The maximum atomic E-state index is 11.9. The SMILES string of the molecule is O=S(=O)(Oc1cccc(Cl)c1)c1ccc(Br)cc1. The highest BCUT2D eigenvalue weighted by atomic mass is 79.9. The highest BCUT2D eigenvalue weighted by Crippen LogP contribution is 2.22. The number of hydrogen-bond acceptors (Lipinski definition) is 3. The summed E-state index contributed by atoms with van der Waals surface area (Å²) in [7, 11) is -3.83. The lowest BCUT2D eigenvalue weighted by molar-refractivity contribution is 0.486. The van der Waals surface area contributed by atoms with Crippen LogP contribution in [0.3, 0.4) is 0 Å². The van der Waals surface area contributed by atoms with Gasteiger partial charge in [-0.1, -0.05) is 33.6 Å². The van der Waals surface area contributed by atoms with E-state index in [9.17, 15) is 8.42 Å². The minimum absolute atomic E-state index is 0.0886. The van der Waals surface area contributed by atoms with Crippen molar-refractivity contribution in [1.82, 2.24) is 0 Å². The third kappa shape index (κ3) is 3.25. The molecule has 0 unspecified atom stereocenters. The molecule has 3 nitrogen and oxygen atoms in total. The summed E-state index contributed by atoms with van der Waals surface area (Å²) in [6.07, 6.45) is 0. The summed E-state index contributed by atoms with van der Waals surface area (Å²) >= 11 is 8.99. The van der Waals surface area contributed by atoms with Gasteiger partial charge in [-0.3, -0.25) is 0 Å². The van der Waals surface area contributed by atoms with Crippen molar-refractivity contribution >= 4 is 37.6 Å². The largest absolute Gasteiger partial charge is 0.379 e. The van der Waals surface area contributed by atoms with Crippen LogP contribution >= 0.6 is 27.5 Å². The predicted molar refractivity (Wildman–Crippen MR) is 73.4 cm³/mol. The molecule has 0 saturated carbocycles. The van der Waals surface area contributed by atoms with Crippen molar-refractivity contribution in [2.24, 2.45) is 0 Å². The Hall–Kier alpha value is -1.04. The van der Waals surface area contributed by atoms with Gasteiger partial charge in [0.2, 0.25) is 0 Å². The Morgan fingerprint density at radius 1 is 1.06 bits per heavy atom. The van der Waals surface area contributed by atoms with E-state index in [1.807, 2.05) is 0 Å². The van der Waals surface area contributed by atoms with E-state index in [2.05, 4.69) is 15.9 Å². The molecule has 0 amide bonds. The molecule has 0 aliphatic rings. The van der Waals surface area contributed by atoms with Gasteiger partial charge in [0, 0.05) is 15.6 Å². The van der Waals surface area contributed by atoms with Crippen molar-refractivity contribution in [3.05, 3.63) is 58.0 Å². The number of rotatable bonds is 3. The monoisotopic (exact) mass is 346 g/mol. The van der Waals surface area contributed by atoms with Gasteiger partial charge in [-0.25, -0.2) is 0 Å². The van der Waals surface area contributed by atoms with E-state index in [0.29, 0.717) is 5.02 Å². The number of halogens is 2. The molecule has 0 saturated heterocycles. The standard InChI is InChI=1S/C12H8BrClO3S/c13-9-4-6-12(7-5-9)18(15,16)17-11-3-1-2-10(14)8-11/h1-8H. The lowest BCUT2D eigenvalue weighted by atomic mass is 10.3. The minimum atomic E-state index is -3.83. The Morgan fingerprint density at radius 3 is 2.33 bits per heavy atom. The summed E-state index contributed by atoms with van der Waals surface area (Å²) in [5.41, 5.74) is 0. The van der Waals surface area contributed by atoms with Crippen LogP contribution in [0.15, 0.2) is 57.9 Å². The lowest BCUT2D eigenvalue weighted by Crippen LogP contribution is -2.09. The lowest BCUT2D eigenvalue weighted by Gasteiger charge is -2.07. The van der Waals surface area contributed by atoms with Crippen LogP contribution in [-0.4, -0.2) is 8.42 Å². The highest BCUT2D eigenvalue weighted by Gasteiger charge is 2.16. The van der Waals surface area contributed by atoms with E-state index in [4.69, 9.17) is 15.8 Å². The van der Waals surface area contributed by atoms with Crippen LogP contribution in [0.25, 0.3) is 0 Å². The Bertz CT molecular complexity index is 653. The van der Waals surface area contributed by atoms with Gasteiger partial charge in [-0.05, 0) is 36.4 Å². The van der Waals surface area contributed by atoms with Gasteiger partial charge in [0.05, 0.1) is 0 Å². The van der Waals surface area contributed by atoms with Gasteiger partial charge in [0.25, 0.3) is 0 Å². The first-order valence-electron chi connectivity index (χ1n) is 4.93. The average molecular weight is 348 g/mol. The second kappa shape index (κ2) is 5.30. The predicted octanol–water partition coefficient (Wildman–Crippen LogP) is 3.87. The minimum Gasteiger partial charge on any atom is -0.379 e. The summed E-state index contributed by atoms with van der Waals surface area (Å²) in [5, 5.41) is 0.415. The molecule has 0 aromatic heterocycles. The van der Waals surface area contributed by atoms with Crippen LogP contribution in [0.5, 0.6) is 5.75 Å². The Morgan fingerprint density at radius 2 is 1.72 bits per heavy atom. The van der Waals surface area contributed by atoms with Crippen molar-refractivity contribution in [3.63, 3.8) is 0 Å². The Balaban J connectivity index is 2.30. The molecule has 0 atom stereocenters. The van der Waals surface area contributed by atoms with Crippen LogP contribution in [0.1, 0.15) is 0 Å². The van der Waals surface area contributed by atoms with E-state index in [1.165, 1.54) is 24.3 Å². The summed E-state index contributed by atoms with van der Waals surface area (Å²) in [4.78, 5) is 0.0886. The summed E-state index contributed by atoms with van der Waals surface area (Å²) in [5.74, 6) is 0.186. The zero-order valence-electron chi connectivity index (χ0n) is 9.01. The van der Waals surface area contributed by atoms with Crippen molar-refractivity contribution in [2.45, 2.75) is 4.90 Å². The molecule has 0 radical (unpaired) electrons. The first kappa shape index (κ1) is 13.4. The van der Waals surface area contributed by atoms with Crippen LogP contribution in [0.2, 0.25) is 5.02 Å². The second-order valence-electron chi connectivity index (χ2n) is 3.45. The van der Waals surface area contributed by atoms with Crippen molar-refractivity contribution < 1.29 is 12.6 Å². The fourth-order valence-electron chi connectivity index (χ4n) is 1.29. The van der Waals surface area contributed by atoms with Gasteiger partial charge in [-0.2, -0.15) is 8.42 Å². The Kier molecular flexibility index (Phi) is 3.94. The number of benzene rings is 2. The first-order chi connectivity index (χ1) is 8.47. The number of hydrogen-bond donors (Lipinski definition) is 0. The van der Waals surface area contributed by atoms with E-state index in [-0.39, 0.29) is 10.6 Å². The fraction of sp³-hybridized carbons (Fsp3) is 0. The van der Waals surface area contributed by atoms with Gasteiger partial charge in [0.1, 0.15) is 10.6 Å². The molecule has 0 bridgehead atoms. The highest BCUT2D eigenvalue weighted by molar-refractivity contribution is 9.10. The molecule has 2 aromatic rings. The second-order valence-corrected chi connectivity index (χ2v) is 6.35. The zero-order chi connectivity index (χ0) is 13.2. The summed E-state index contributed by atoms with van der Waals surface area (Å²) in [6, 6.07) is 12.4. The molecule has 0 heterocycles. The molecular weight excluding hydrogens is 340 g/mol. The van der Waals surface area contributed by atoms with Crippen molar-refractivity contribution in [3.8, 4) is 5.75 Å². The molecule has 0 aliphatic heterocycles. The fourth-order valence-corrected chi connectivity index (χ4v) is 2.66. The van der Waals surface area contributed by atoms with Crippen molar-refractivity contribution in [1.29, 1.82) is 0 Å². The van der Waals surface area contributed by atoms with E-state index < -0.39 is 10.1 Å². The quantitative estimate of drug-likeness (QED) is 0.792. The van der Waals surface area contributed by atoms with Crippen LogP contribution < -0.4 is 4.18 Å². The van der Waals surface area contributed by atoms with Gasteiger partial charge >= 0.3 is 10.1 Å². The van der Waals surface area contributed by atoms with E-state index in [0.717, 1.165) is 4.47 Å². The Labute approximate surface area is 119 Å². The van der Waals surface area contributed by atoms with Crippen molar-refractivity contribution in [2.75, 3.05) is 0 Å². The van der Waals surface area contributed by atoms with E-state index in [1.54, 1.807) is 24.3 Å². The van der Waals surface area contributed by atoms with E-state index >= 15 is 0 Å². The molecule has 0 N–H and O–H groups in total. The molecule has 94 valence electrons. The third-order valence-corrected chi connectivity index (χ3v) is 4.13. The van der Waals surface area contributed by atoms with Crippen LogP contribution in [0, 0.1) is 0 Å². The molecule has 0 fully saturated rings. The molecule has 2 rings (SSSR count). The third-order valence-electron chi connectivity index (χ3n) is 2.10. The smallest absolute Gasteiger partial charge is 0.339 e. The van der Waals surface area contributed by atoms with Crippen LogP contribution in [-0.2, 0) is 10.1 Å². The summed E-state index contributed by atoms with van der Waals surface area (Å²) < 4.78 is 29.7.